The van der Waals surface area contributed by atoms with Crippen LogP contribution in [0.3, 0.4) is 0 Å². The molecule has 13 nitrogen and oxygen atoms in total. The Balaban J connectivity index is 1.15. The number of likely N-dealkylation sites (N-methyl/N-ethyl adjacent to an activating group) is 1. The molecular weight excluding hydrogens is 769 g/mol. The minimum atomic E-state index is -3.99. The number of amides is 5. The van der Waals surface area contributed by atoms with E-state index in [1.54, 1.807) is 11.0 Å². The van der Waals surface area contributed by atoms with Crippen molar-refractivity contribution in [3.63, 3.8) is 0 Å². The van der Waals surface area contributed by atoms with Crippen LogP contribution in [0.2, 0.25) is 0 Å². The second-order valence-electron chi connectivity index (χ2n) is 21.2. The van der Waals surface area contributed by atoms with Gasteiger partial charge in [0.25, 0.3) is 5.91 Å². The largest absolute Gasteiger partial charge is 0.343 e. The molecule has 7 rings (SSSR count). The molecule has 5 aliphatic carbocycles. The van der Waals surface area contributed by atoms with Crippen LogP contribution in [-0.2, 0) is 34.0 Å². The predicted octanol–water partition coefficient (Wildman–Crippen LogP) is 4.70. The zero-order valence-corrected chi connectivity index (χ0v) is 37.7. The molecule has 0 bridgehead atoms. The zero-order valence-electron chi connectivity index (χ0n) is 36.8. The third-order valence-electron chi connectivity index (χ3n) is 16.9. The van der Waals surface area contributed by atoms with Crippen LogP contribution in [0.5, 0.6) is 0 Å². The Morgan fingerprint density at radius 2 is 1.53 bits per heavy atom. The smallest absolute Gasteiger partial charge is 0.259 e. The van der Waals surface area contributed by atoms with Gasteiger partial charge in [0, 0.05) is 17.9 Å². The number of sulfonamides is 1. The second kappa shape index (κ2) is 15.4. The Labute approximate surface area is 352 Å². The van der Waals surface area contributed by atoms with Gasteiger partial charge in [0.15, 0.2) is 0 Å². The number of nitrogens with one attached hydrogen (secondary N) is 4. The van der Waals surface area contributed by atoms with Crippen molar-refractivity contribution >= 4 is 39.6 Å². The first kappa shape index (κ1) is 44.1. The molecule has 0 aromatic rings. The molecule has 2 saturated heterocycles. The maximum atomic E-state index is 15.3. The zero-order chi connectivity index (χ0) is 43.0. The highest BCUT2D eigenvalue weighted by molar-refractivity contribution is 7.91. The normalized spacial score (nSPS) is 32.7. The van der Waals surface area contributed by atoms with E-state index in [2.05, 4.69) is 46.0 Å². The minimum absolute atomic E-state index is 0.0127. The number of hydrogen-bond acceptors (Lipinski definition) is 8. The molecular formula is C45H72N6O7S. The fraction of sp³-hybridized carbons (Fsp3) is 0.844. The number of hydrogen-bond donors (Lipinski definition) is 4. The lowest BCUT2D eigenvalue weighted by molar-refractivity contribution is -0.145. The van der Waals surface area contributed by atoms with Gasteiger partial charge in [-0.3, -0.25) is 33.6 Å². The number of carbonyl (C=O) groups excluding carboxylic acids is 5. The van der Waals surface area contributed by atoms with Crippen LogP contribution in [-0.4, -0.2) is 102 Å². The van der Waals surface area contributed by atoms with Gasteiger partial charge in [-0.1, -0.05) is 86.6 Å². The average Bonchev–Trinajstić information content (AvgIpc) is 4.06. The number of rotatable bonds is 15. The summed E-state index contributed by atoms with van der Waals surface area (Å²) in [5.74, 6) is -2.68. The Morgan fingerprint density at radius 3 is 2.05 bits per heavy atom. The molecule has 7 fully saturated rings. The van der Waals surface area contributed by atoms with Crippen LogP contribution in [0.15, 0.2) is 12.7 Å². The van der Waals surface area contributed by atoms with Crippen LogP contribution in [0.4, 0.5) is 0 Å². The average molecular weight is 841 g/mol. The molecule has 2 aliphatic heterocycles. The van der Waals surface area contributed by atoms with Gasteiger partial charge in [-0.2, -0.15) is 0 Å². The Hall–Kier alpha value is -3.00. The fourth-order valence-electron chi connectivity index (χ4n) is 12.6. The van der Waals surface area contributed by atoms with E-state index in [-0.39, 0.29) is 52.3 Å². The van der Waals surface area contributed by atoms with Crippen molar-refractivity contribution in [3.05, 3.63) is 12.7 Å². The highest BCUT2D eigenvalue weighted by atomic mass is 32.2. The van der Waals surface area contributed by atoms with E-state index >= 15 is 4.79 Å². The lowest BCUT2D eigenvalue weighted by atomic mass is 9.73. The third kappa shape index (κ3) is 7.15. The molecule has 4 N–H and O–H groups in total. The molecule has 0 aromatic heterocycles. The van der Waals surface area contributed by atoms with Crippen molar-refractivity contribution < 1.29 is 32.4 Å². The second-order valence-corrected chi connectivity index (χ2v) is 23.3. The van der Waals surface area contributed by atoms with Gasteiger partial charge in [-0.15, -0.1) is 6.58 Å². The van der Waals surface area contributed by atoms with Crippen LogP contribution in [0.25, 0.3) is 0 Å². The van der Waals surface area contributed by atoms with Crippen molar-refractivity contribution in [3.8, 4) is 0 Å². The first-order chi connectivity index (χ1) is 27.7. The lowest BCUT2D eigenvalue weighted by Crippen LogP contribution is -2.63. The molecule has 2 heterocycles. The van der Waals surface area contributed by atoms with Gasteiger partial charge in [-0.25, -0.2) is 8.42 Å². The summed E-state index contributed by atoms with van der Waals surface area (Å²) in [6.45, 7) is 20.0. The monoisotopic (exact) mass is 841 g/mol. The molecule has 5 saturated carbocycles. The Kier molecular flexibility index (Phi) is 11.5. The van der Waals surface area contributed by atoms with Gasteiger partial charge in [0.2, 0.25) is 33.7 Å². The minimum Gasteiger partial charge on any atom is -0.343 e. The maximum Gasteiger partial charge on any atom is 0.259 e. The standard InChI is InChI=1S/C45H72N6O7S/c1-9-20-42(23-24-42)59(57,58)49-39(56)45(26-30(45)10-2)48-36(53)32-27-44(41(7,8)43(44)21-16-22-43)28-51(32)38(55)34(40(4,5)6)47-37(54)33(29-17-13-12-14-18-29)46-35(52)31-19-15-25-50(31)11-3/h10,29-34H,2,9,11-28H2,1,3-8H3,(H,46,52)(H,47,54)(H,48,53)(H,49,56)/t30-,31+,32+,33+,34-,44-,45-/m1/s1. The molecule has 2 spiro atoms. The number of likely N-dealkylation sites (tertiary alicyclic amines) is 2. The predicted molar refractivity (Wildman–Crippen MR) is 226 cm³/mol. The third-order valence-corrected chi connectivity index (χ3v) is 19.1. The van der Waals surface area contributed by atoms with E-state index in [0.717, 1.165) is 77.3 Å². The summed E-state index contributed by atoms with van der Waals surface area (Å²) < 4.78 is 28.4. The highest BCUT2D eigenvalue weighted by Crippen LogP contribution is 2.88. The number of nitrogens with zero attached hydrogens (tertiary/aromatic N) is 2. The van der Waals surface area contributed by atoms with Crippen LogP contribution < -0.4 is 20.7 Å². The summed E-state index contributed by atoms with van der Waals surface area (Å²) in [4.78, 5) is 76.3. The number of carbonyl (C=O) groups is 5. The lowest BCUT2D eigenvalue weighted by Gasteiger charge is -2.38. The summed E-state index contributed by atoms with van der Waals surface area (Å²) in [5.41, 5.74) is -2.74. The molecule has 330 valence electrons. The van der Waals surface area contributed by atoms with E-state index in [1.165, 1.54) is 0 Å². The van der Waals surface area contributed by atoms with E-state index < -0.39 is 61.6 Å². The molecule has 7 aliphatic rings. The van der Waals surface area contributed by atoms with Gasteiger partial charge >= 0.3 is 0 Å². The van der Waals surface area contributed by atoms with Crippen molar-refractivity contribution in [2.45, 2.75) is 186 Å². The van der Waals surface area contributed by atoms with Gasteiger partial charge in [0.1, 0.15) is 23.7 Å². The van der Waals surface area contributed by atoms with Crippen molar-refractivity contribution in [1.29, 1.82) is 0 Å². The molecule has 5 amide bonds. The van der Waals surface area contributed by atoms with E-state index in [0.29, 0.717) is 38.6 Å². The van der Waals surface area contributed by atoms with Gasteiger partial charge in [-0.05, 0) is 106 Å². The molecule has 14 heteroatoms. The molecule has 0 radical (unpaired) electrons. The highest BCUT2D eigenvalue weighted by Gasteiger charge is 2.85. The summed E-state index contributed by atoms with van der Waals surface area (Å²) >= 11 is 0. The summed E-state index contributed by atoms with van der Waals surface area (Å²) in [6.07, 6.45) is 13.7. The summed E-state index contributed by atoms with van der Waals surface area (Å²) in [7, 11) is -3.99. The van der Waals surface area contributed by atoms with E-state index in [1.807, 2.05) is 34.6 Å². The Bertz CT molecular complexity index is 1830. The molecule has 0 aromatic carbocycles. The first-order valence-electron chi connectivity index (χ1n) is 22.9. The van der Waals surface area contributed by atoms with Gasteiger partial charge < -0.3 is 20.9 Å². The molecule has 59 heavy (non-hydrogen) atoms. The first-order valence-corrected chi connectivity index (χ1v) is 24.4. The van der Waals surface area contributed by atoms with Gasteiger partial charge in [0.05, 0.1) is 10.8 Å². The van der Waals surface area contributed by atoms with E-state index in [4.69, 9.17) is 0 Å². The van der Waals surface area contributed by atoms with Crippen LogP contribution >= 0.6 is 0 Å². The maximum absolute atomic E-state index is 15.3. The van der Waals surface area contributed by atoms with Crippen LogP contribution in [0, 0.1) is 33.5 Å². The summed E-state index contributed by atoms with van der Waals surface area (Å²) in [5, 5.41) is 9.30. The number of fused-ring (bicyclic) bond motifs is 1. The Morgan fingerprint density at radius 1 is 0.847 bits per heavy atom. The summed E-state index contributed by atoms with van der Waals surface area (Å²) in [6, 6.07) is -3.04. The quantitative estimate of drug-likeness (QED) is 0.172. The SMILES string of the molecule is C=C[C@@H]1C[C@]1(NC(=O)[C@@H]1C[C@@]2(CN1C(=O)[C@@H](NC(=O)[C@@H](NC(=O)[C@@H]1CCCN1CC)C1CCCCC1)C(C)(C)C)C(C)(C)C21CCC1)C(=O)NS(=O)(=O)C1(CCC)CC1. The van der Waals surface area contributed by atoms with Crippen molar-refractivity contribution in [2.75, 3.05) is 19.6 Å². The molecule has 7 atom stereocenters. The van der Waals surface area contributed by atoms with E-state index in [9.17, 15) is 27.6 Å². The topological polar surface area (TPSA) is 174 Å². The van der Waals surface area contributed by atoms with Crippen LogP contribution in [0.1, 0.15) is 151 Å². The molecule has 0 unspecified atom stereocenters. The van der Waals surface area contributed by atoms with Crippen molar-refractivity contribution in [2.24, 2.45) is 33.5 Å². The fourth-order valence-corrected chi connectivity index (χ4v) is 14.4. The van der Waals surface area contributed by atoms with Crippen molar-refractivity contribution in [1.82, 2.24) is 30.5 Å².